The van der Waals surface area contributed by atoms with Crippen LogP contribution in [0.25, 0.3) is 0 Å². The molecule has 1 fully saturated rings. The first-order valence-electron chi connectivity index (χ1n) is 8.46. The van der Waals surface area contributed by atoms with Crippen LogP contribution in [0.1, 0.15) is 15.9 Å². The van der Waals surface area contributed by atoms with Crippen LogP contribution in [0.15, 0.2) is 48.8 Å². The molecule has 28 heavy (non-hydrogen) atoms. The second kappa shape index (κ2) is 7.87. The third-order valence-corrected chi connectivity index (χ3v) is 4.60. The fraction of sp³-hybridized carbons (Fsp3) is 0.316. The first-order chi connectivity index (χ1) is 13.3. The molecule has 6 nitrogen and oxygen atoms in total. The maximum atomic E-state index is 13.1. The van der Waals surface area contributed by atoms with E-state index < -0.39 is 43.0 Å². The van der Waals surface area contributed by atoms with E-state index in [1.54, 1.807) is 36.7 Å². The summed E-state index contributed by atoms with van der Waals surface area (Å²) < 4.78 is 44.8. The zero-order valence-electron chi connectivity index (χ0n) is 14.6. The highest BCUT2D eigenvalue weighted by molar-refractivity contribution is 5.95. The number of hydrogen-bond donors (Lipinski definition) is 1. The molecule has 3 rings (SSSR count). The van der Waals surface area contributed by atoms with Gasteiger partial charge in [-0.15, -0.1) is 0 Å². The fourth-order valence-corrected chi connectivity index (χ4v) is 3.07. The van der Waals surface area contributed by atoms with E-state index in [9.17, 15) is 22.8 Å². The monoisotopic (exact) mass is 394 g/mol. The molecule has 1 aliphatic rings. The summed E-state index contributed by atoms with van der Waals surface area (Å²) in [6, 6.07) is 9.56. The highest BCUT2D eigenvalue weighted by Crippen LogP contribution is 2.38. The minimum Gasteiger partial charge on any atom is -0.489 e. The Balaban J connectivity index is 1.65. The lowest BCUT2D eigenvalue weighted by Gasteiger charge is -2.18. The van der Waals surface area contributed by atoms with Gasteiger partial charge in [0, 0.05) is 31.0 Å². The molecule has 1 aromatic carbocycles. The van der Waals surface area contributed by atoms with Crippen molar-refractivity contribution >= 4 is 11.9 Å². The molecule has 2 atom stereocenters. The van der Waals surface area contributed by atoms with Crippen molar-refractivity contribution < 1.29 is 32.6 Å². The summed E-state index contributed by atoms with van der Waals surface area (Å²) in [6.45, 7) is -0.840. The summed E-state index contributed by atoms with van der Waals surface area (Å²) in [5.74, 6) is -5.44. The summed E-state index contributed by atoms with van der Waals surface area (Å²) in [6.07, 6.45) is -1.41. The molecule has 1 saturated heterocycles. The highest BCUT2D eigenvalue weighted by atomic mass is 19.4. The summed E-state index contributed by atoms with van der Waals surface area (Å²) in [7, 11) is 0. The van der Waals surface area contributed by atoms with Crippen LogP contribution in [0.2, 0.25) is 0 Å². The highest BCUT2D eigenvalue weighted by Gasteiger charge is 2.53. The van der Waals surface area contributed by atoms with Crippen molar-refractivity contribution in [3.8, 4) is 5.75 Å². The van der Waals surface area contributed by atoms with Gasteiger partial charge in [0.15, 0.2) is 0 Å². The maximum absolute atomic E-state index is 13.1. The van der Waals surface area contributed by atoms with E-state index in [1.807, 2.05) is 0 Å². The summed E-state index contributed by atoms with van der Waals surface area (Å²) in [5.41, 5.74) is 1.08. The average molecular weight is 394 g/mol. The summed E-state index contributed by atoms with van der Waals surface area (Å²) in [4.78, 5) is 28.5. The molecular formula is C19H17F3N2O4. The number of carbonyl (C=O) groups is 2. The Morgan fingerprint density at radius 3 is 2.29 bits per heavy atom. The molecule has 0 unspecified atom stereocenters. The fourth-order valence-electron chi connectivity index (χ4n) is 3.07. The van der Waals surface area contributed by atoms with Crippen molar-refractivity contribution in [2.75, 3.05) is 13.1 Å². The number of aromatic nitrogens is 1. The molecule has 2 aromatic rings. The van der Waals surface area contributed by atoms with Crippen LogP contribution in [-0.4, -0.2) is 46.1 Å². The predicted octanol–water partition coefficient (Wildman–Crippen LogP) is 3.00. The summed E-state index contributed by atoms with van der Waals surface area (Å²) >= 11 is 0. The number of alkyl halides is 3. The Labute approximate surface area is 158 Å². The molecule has 1 amide bonds. The molecule has 148 valence electrons. The molecule has 1 N–H and O–H groups in total. The molecule has 1 aliphatic heterocycles. The number of halogens is 3. The van der Waals surface area contributed by atoms with Gasteiger partial charge in [-0.05, 0) is 42.0 Å². The molecule has 0 bridgehead atoms. The number of aliphatic carboxylic acids is 1. The van der Waals surface area contributed by atoms with E-state index in [4.69, 9.17) is 9.84 Å². The second-order valence-electron chi connectivity index (χ2n) is 6.47. The Morgan fingerprint density at radius 1 is 1.11 bits per heavy atom. The van der Waals surface area contributed by atoms with Gasteiger partial charge in [0.05, 0.1) is 11.8 Å². The van der Waals surface area contributed by atoms with Crippen LogP contribution < -0.4 is 4.74 Å². The van der Waals surface area contributed by atoms with Gasteiger partial charge in [-0.2, -0.15) is 13.2 Å². The van der Waals surface area contributed by atoms with Crippen molar-refractivity contribution in [3.63, 3.8) is 0 Å². The van der Waals surface area contributed by atoms with Crippen molar-refractivity contribution in [3.05, 3.63) is 59.9 Å². The Morgan fingerprint density at radius 2 is 1.75 bits per heavy atom. The van der Waals surface area contributed by atoms with Crippen molar-refractivity contribution in [2.45, 2.75) is 12.8 Å². The van der Waals surface area contributed by atoms with Crippen molar-refractivity contribution in [1.82, 2.24) is 9.88 Å². The van der Waals surface area contributed by atoms with Gasteiger partial charge >= 0.3 is 12.1 Å². The smallest absolute Gasteiger partial charge is 0.394 e. The number of rotatable bonds is 5. The SMILES string of the molecule is O=C(O)[C@@H]1CN(C(=O)c2ccc(OCc3ccncc3)cc2)C[C@H]1C(F)(F)F. The quantitative estimate of drug-likeness (QED) is 0.844. The third-order valence-electron chi connectivity index (χ3n) is 4.60. The number of pyridine rings is 1. The number of likely N-dealkylation sites (tertiary alicyclic amines) is 1. The lowest BCUT2D eigenvalue weighted by atomic mass is 9.96. The number of carboxylic acid groups (broad SMARTS) is 1. The number of amides is 1. The molecule has 0 saturated carbocycles. The van der Waals surface area contributed by atoms with E-state index in [0.29, 0.717) is 12.4 Å². The number of carboxylic acids is 1. The molecule has 0 spiro atoms. The van der Waals surface area contributed by atoms with E-state index >= 15 is 0 Å². The molecule has 9 heteroatoms. The molecule has 1 aromatic heterocycles. The van der Waals surface area contributed by atoms with Crippen LogP contribution in [-0.2, 0) is 11.4 Å². The Bertz CT molecular complexity index is 841. The van der Waals surface area contributed by atoms with Gasteiger partial charge in [-0.3, -0.25) is 14.6 Å². The molecule has 0 aliphatic carbocycles. The van der Waals surface area contributed by atoms with Crippen LogP contribution >= 0.6 is 0 Å². The first kappa shape index (κ1) is 19.7. The zero-order chi connectivity index (χ0) is 20.3. The number of carbonyl (C=O) groups excluding carboxylic acids is 1. The van der Waals surface area contributed by atoms with E-state index in [2.05, 4.69) is 4.98 Å². The largest absolute Gasteiger partial charge is 0.489 e. The number of hydrogen-bond acceptors (Lipinski definition) is 4. The molecule has 0 radical (unpaired) electrons. The standard InChI is InChI=1S/C19H17F3N2O4/c20-19(21,22)16-10-24(9-15(16)18(26)27)17(25)13-1-3-14(4-2-13)28-11-12-5-7-23-8-6-12/h1-8,15-16H,9-11H2,(H,26,27)/t15-,16-/m1/s1. The predicted molar refractivity (Wildman–Crippen MR) is 91.6 cm³/mol. The van der Waals surface area contributed by atoms with Gasteiger partial charge in [-0.1, -0.05) is 0 Å². The minimum atomic E-state index is -4.68. The van der Waals surface area contributed by atoms with Gasteiger partial charge in [-0.25, -0.2) is 0 Å². The number of nitrogens with zero attached hydrogens (tertiary/aromatic N) is 2. The van der Waals surface area contributed by atoms with Crippen molar-refractivity contribution in [2.24, 2.45) is 11.8 Å². The van der Waals surface area contributed by atoms with E-state index in [0.717, 1.165) is 10.5 Å². The molecular weight excluding hydrogens is 377 g/mol. The number of benzene rings is 1. The second-order valence-corrected chi connectivity index (χ2v) is 6.47. The summed E-state index contributed by atoms with van der Waals surface area (Å²) in [5, 5.41) is 9.05. The van der Waals surface area contributed by atoms with E-state index in [1.165, 1.54) is 12.1 Å². The lowest BCUT2D eigenvalue weighted by Crippen LogP contribution is -2.34. The van der Waals surface area contributed by atoms with Gasteiger partial charge in [0.1, 0.15) is 12.4 Å². The zero-order valence-corrected chi connectivity index (χ0v) is 14.6. The Hall–Kier alpha value is -3.10. The Kier molecular flexibility index (Phi) is 5.53. The van der Waals surface area contributed by atoms with Gasteiger partial charge in [0.25, 0.3) is 5.91 Å². The van der Waals surface area contributed by atoms with Crippen LogP contribution in [0.5, 0.6) is 5.75 Å². The maximum Gasteiger partial charge on any atom is 0.394 e. The van der Waals surface area contributed by atoms with Crippen LogP contribution in [0.3, 0.4) is 0 Å². The van der Waals surface area contributed by atoms with Crippen LogP contribution in [0.4, 0.5) is 13.2 Å². The van der Waals surface area contributed by atoms with Gasteiger partial charge < -0.3 is 14.7 Å². The van der Waals surface area contributed by atoms with Gasteiger partial charge in [0.2, 0.25) is 0 Å². The van der Waals surface area contributed by atoms with Crippen LogP contribution in [0, 0.1) is 11.8 Å². The normalized spacial score (nSPS) is 19.5. The molecule has 2 heterocycles. The minimum absolute atomic E-state index is 0.170. The third kappa shape index (κ3) is 4.41. The lowest BCUT2D eigenvalue weighted by molar-refractivity contribution is -0.187. The number of ether oxygens (including phenoxy) is 1. The van der Waals surface area contributed by atoms with Crippen molar-refractivity contribution in [1.29, 1.82) is 0 Å². The van der Waals surface area contributed by atoms with E-state index in [-0.39, 0.29) is 5.56 Å². The average Bonchev–Trinajstić information content (AvgIpc) is 3.13. The first-order valence-corrected chi connectivity index (χ1v) is 8.46. The topological polar surface area (TPSA) is 79.7 Å².